The first-order valence-corrected chi connectivity index (χ1v) is 9.70. The molecule has 0 saturated heterocycles. The molecule has 0 unspecified atom stereocenters. The Morgan fingerprint density at radius 2 is 1.83 bits per heavy atom. The third kappa shape index (κ3) is 6.47. The van der Waals surface area contributed by atoms with Crippen LogP contribution in [0.15, 0.2) is 60.8 Å². The molecular formula is C23H26N2O4. The maximum absolute atomic E-state index is 12.1. The molecule has 1 amide bonds. The van der Waals surface area contributed by atoms with Gasteiger partial charge in [0.2, 0.25) is 11.8 Å². The number of nitrogens with one attached hydrogen (secondary N) is 1. The Kier molecular flexibility index (Phi) is 7.83. The molecule has 3 aromatic rings. The first kappa shape index (κ1) is 20.6. The van der Waals surface area contributed by atoms with Crippen LogP contribution in [0.1, 0.15) is 18.4 Å². The molecular weight excluding hydrogens is 368 g/mol. The van der Waals surface area contributed by atoms with Crippen molar-refractivity contribution in [3.05, 3.63) is 66.4 Å². The maximum Gasteiger partial charge on any atom is 0.220 e. The maximum atomic E-state index is 12.1. The number of rotatable bonds is 11. The molecule has 29 heavy (non-hydrogen) atoms. The number of carbonyl (C=O) groups excluding carboxylic acids is 1. The summed E-state index contributed by atoms with van der Waals surface area (Å²) in [4.78, 5) is 16.3. The molecule has 0 aliphatic heterocycles. The van der Waals surface area contributed by atoms with Crippen LogP contribution in [0.3, 0.4) is 0 Å². The average molecular weight is 394 g/mol. The van der Waals surface area contributed by atoms with Gasteiger partial charge in [0.15, 0.2) is 0 Å². The van der Waals surface area contributed by atoms with Crippen molar-refractivity contribution >= 4 is 16.7 Å². The van der Waals surface area contributed by atoms with Gasteiger partial charge < -0.3 is 19.5 Å². The topological polar surface area (TPSA) is 69.7 Å². The van der Waals surface area contributed by atoms with E-state index in [0.29, 0.717) is 45.1 Å². The first-order chi connectivity index (χ1) is 14.3. The molecule has 6 heteroatoms. The zero-order chi connectivity index (χ0) is 20.3. The van der Waals surface area contributed by atoms with Crippen LogP contribution in [0.4, 0.5) is 0 Å². The number of methoxy groups -OCH3 is 1. The van der Waals surface area contributed by atoms with Crippen molar-refractivity contribution in [2.45, 2.75) is 19.4 Å². The number of nitrogens with zero attached hydrogens (tertiary/aromatic N) is 1. The number of ether oxygens (including phenoxy) is 3. The van der Waals surface area contributed by atoms with Gasteiger partial charge in [-0.25, -0.2) is 4.98 Å². The summed E-state index contributed by atoms with van der Waals surface area (Å²) < 4.78 is 16.2. The van der Waals surface area contributed by atoms with Crippen molar-refractivity contribution < 1.29 is 19.0 Å². The van der Waals surface area contributed by atoms with E-state index in [4.69, 9.17) is 14.2 Å². The van der Waals surface area contributed by atoms with Crippen molar-refractivity contribution in [2.75, 3.05) is 26.9 Å². The van der Waals surface area contributed by atoms with Crippen LogP contribution in [-0.2, 0) is 16.1 Å². The van der Waals surface area contributed by atoms with E-state index < -0.39 is 0 Å². The molecule has 3 rings (SSSR count). The Balaban J connectivity index is 1.36. The standard InChI is InChI=1S/C23H26N2O4/c1-27-14-15-29-23-12-11-18(17-25-23)16-24-22(26)10-5-13-28-21-9-4-7-19-6-2-3-8-20(19)21/h2-4,6-9,11-12,17H,5,10,13-16H2,1H3,(H,24,26). The third-order valence-corrected chi connectivity index (χ3v) is 4.38. The number of benzene rings is 2. The number of hydrogen-bond acceptors (Lipinski definition) is 5. The fourth-order valence-corrected chi connectivity index (χ4v) is 2.86. The van der Waals surface area contributed by atoms with Gasteiger partial charge in [0.1, 0.15) is 12.4 Å². The largest absolute Gasteiger partial charge is 0.493 e. The van der Waals surface area contributed by atoms with Gasteiger partial charge in [-0.15, -0.1) is 0 Å². The van der Waals surface area contributed by atoms with Crippen LogP contribution in [-0.4, -0.2) is 37.8 Å². The second-order valence-electron chi connectivity index (χ2n) is 6.55. The fraction of sp³-hybridized carbons (Fsp3) is 0.304. The highest BCUT2D eigenvalue weighted by Gasteiger charge is 2.05. The molecule has 2 aromatic carbocycles. The SMILES string of the molecule is COCCOc1ccc(CNC(=O)CCCOc2cccc3ccccc23)cn1. The third-order valence-electron chi connectivity index (χ3n) is 4.38. The summed E-state index contributed by atoms with van der Waals surface area (Å²) in [5, 5.41) is 5.13. The lowest BCUT2D eigenvalue weighted by atomic mass is 10.1. The molecule has 6 nitrogen and oxygen atoms in total. The smallest absolute Gasteiger partial charge is 0.220 e. The van der Waals surface area contributed by atoms with Gasteiger partial charge in [0, 0.05) is 37.7 Å². The summed E-state index contributed by atoms with van der Waals surface area (Å²) in [7, 11) is 1.62. The second kappa shape index (κ2) is 11.0. The Labute approximate surface area is 170 Å². The van der Waals surface area contributed by atoms with Gasteiger partial charge >= 0.3 is 0 Å². The summed E-state index contributed by atoms with van der Waals surface area (Å²) in [6, 6.07) is 17.8. The monoisotopic (exact) mass is 394 g/mol. The molecule has 1 aromatic heterocycles. The summed E-state index contributed by atoms with van der Waals surface area (Å²) >= 11 is 0. The van der Waals surface area contributed by atoms with Gasteiger partial charge in [-0.05, 0) is 23.4 Å². The number of carbonyl (C=O) groups is 1. The number of aromatic nitrogens is 1. The summed E-state index contributed by atoms with van der Waals surface area (Å²) in [6.07, 6.45) is 2.77. The van der Waals surface area contributed by atoms with Gasteiger partial charge in [0.05, 0.1) is 13.2 Å². The van der Waals surface area contributed by atoms with Crippen LogP contribution < -0.4 is 14.8 Å². The molecule has 1 N–H and O–H groups in total. The van der Waals surface area contributed by atoms with Crippen molar-refractivity contribution in [1.29, 1.82) is 0 Å². The van der Waals surface area contributed by atoms with Crippen molar-refractivity contribution in [2.24, 2.45) is 0 Å². The fourth-order valence-electron chi connectivity index (χ4n) is 2.86. The lowest BCUT2D eigenvalue weighted by molar-refractivity contribution is -0.121. The molecule has 0 atom stereocenters. The van der Waals surface area contributed by atoms with Gasteiger partial charge in [-0.3, -0.25) is 4.79 Å². The van der Waals surface area contributed by atoms with E-state index in [1.54, 1.807) is 19.4 Å². The Morgan fingerprint density at radius 3 is 2.66 bits per heavy atom. The molecule has 1 heterocycles. The minimum atomic E-state index is -0.00746. The predicted octanol–water partition coefficient (Wildman–Crippen LogP) is 3.74. The summed E-state index contributed by atoms with van der Waals surface area (Å²) in [6.45, 7) is 1.91. The van der Waals surface area contributed by atoms with Crippen LogP contribution >= 0.6 is 0 Å². The van der Waals surface area contributed by atoms with E-state index in [2.05, 4.69) is 22.4 Å². The van der Waals surface area contributed by atoms with E-state index in [-0.39, 0.29) is 5.91 Å². The van der Waals surface area contributed by atoms with Crippen molar-refractivity contribution in [3.63, 3.8) is 0 Å². The van der Waals surface area contributed by atoms with Crippen LogP contribution in [0.5, 0.6) is 11.6 Å². The van der Waals surface area contributed by atoms with Crippen LogP contribution in [0.2, 0.25) is 0 Å². The van der Waals surface area contributed by atoms with E-state index in [1.165, 1.54) is 0 Å². The highest BCUT2D eigenvalue weighted by molar-refractivity contribution is 5.88. The van der Waals surface area contributed by atoms with E-state index in [1.807, 2.05) is 36.4 Å². The molecule has 0 bridgehead atoms. The van der Waals surface area contributed by atoms with Crippen LogP contribution in [0, 0.1) is 0 Å². The Morgan fingerprint density at radius 1 is 0.966 bits per heavy atom. The Hall–Kier alpha value is -3.12. The molecule has 0 radical (unpaired) electrons. The molecule has 0 saturated carbocycles. The molecule has 152 valence electrons. The lowest BCUT2D eigenvalue weighted by Crippen LogP contribution is -2.23. The normalized spacial score (nSPS) is 10.7. The number of fused-ring (bicyclic) bond motifs is 1. The average Bonchev–Trinajstić information content (AvgIpc) is 2.76. The number of amides is 1. The second-order valence-corrected chi connectivity index (χ2v) is 6.55. The van der Waals surface area contributed by atoms with Crippen LogP contribution in [0.25, 0.3) is 10.8 Å². The highest BCUT2D eigenvalue weighted by atomic mass is 16.5. The number of hydrogen-bond donors (Lipinski definition) is 1. The number of pyridine rings is 1. The zero-order valence-electron chi connectivity index (χ0n) is 16.6. The van der Waals surface area contributed by atoms with Gasteiger partial charge in [-0.1, -0.05) is 42.5 Å². The van der Waals surface area contributed by atoms with Crippen molar-refractivity contribution in [1.82, 2.24) is 10.3 Å². The van der Waals surface area contributed by atoms with Crippen molar-refractivity contribution in [3.8, 4) is 11.6 Å². The molecule has 0 aliphatic rings. The molecule has 0 aliphatic carbocycles. The van der Waals surface area contributed by atoms with E-state index in [0.717, 1.165) is 22.1 Å². The summed E-state index contributed by atoms with van der Waals surface area (Å²) in [5.74, 6) is 1.39. The molecule has 0 fully saturated rings. The highest BCUT2D eigenvalue weighted by Crippen LogP contribution is 2.25. The minimum absolute atomic E-state index is 0.00746. The van der Waals surface area contributed by atoms with Gasteiger partial charge in [0.25, 0.3) is 0 Å². The first-order valence-electron chi connectivity index (χ1n) is 9.70. The Bertz CT molecular complexity index is 907. The zero-order valence-corrected chi connectivity index (χ0v) is 16.6. The minimum Gasteiger partial charge on any atom is -0.493 e. The van der Waals surface area contributed by atoms with E-state index >= 15 is 0 Å². The summed E-state index contributed by atoms with van der Waals surface area (Å²) in [5.41, 5.74) is 0.921. The molecule has 0 spiro atoms. The van der Waals surface area contributed by atoms with Gasteiger partial charge in [-0.2, -0.15) is 0 Å². The predicted molar refractivity (Wildman–Crippen MR) is 112 cm³/mol. The van der Waals surface area contributed by atoms with E-state index in [9.17, 15) is 4.79 Å². The lowest BCUT2D eigenvalue weighted by Gasteiger charge is -2.10. The quantitative estimate of drug-likeness (QED) is 0.502.